The Kier molecular flexibility index (Phi) is 2.72. The number of aryl methyl sites for hydroxylation is 1. The van der Waals surface area contributed by atoms with E-state index >= 15 is 0 Å². The van der Waals surface area contributed by atoms with Gasteiger partial charge in [-0.1, -0.05) is 30.3 Å². The number of phenolic OH excluding ortho intramolecular Hbond substituents is 1. The molecule has 0 saturated heterocycles. The number of fused-ring (bicyclic) bond motifs is 1. The van der Waals surface area contributed by atoms with Crippen molar-refractivity contribution in [2.24, 2.45) is 7.05 Å². The summed E-state index contributed by atoms with van der Waals surface area (Å²) < 4.78 is 1.78. The van der Waals surface area contributed by atoms with Crippen LogP contribution in [0.4, 0.5) is 0 Å². The predicted molar refractivity (Wildman–Crippen MR) is 85.4 cm³/mol. The predicted octanol–water partition coefficient (Wildman–Crippen LogP) is 3.34. The Morgan fingerprint density at radius 3 is 2.77 bits per heavy atom. The molecule has 2 aromatic carbocycles. The first-order chi connectivity index (χ1) is 10.7. The van der Waals surface area contributed by atoms with E-state index in [0.717, 1.165) is 22.2 Å². The van der Waals surface area contributed by atoms with Crippen LogP contribution in [0.2, 0.25) is 0 Å². The molecule has 0 fully saturated rings. The van der Waals surface area contributed by atoms with Crippen LogP contribution in [0.25, 0.3) is 33.4 Å². The van der Waals surface area contributed by atoms with Crippen molar-refractivity contribution in [1.29, 1.82) is 0 Å². The van der Waals surface area contributed by atoms with Gasteiger partial charge < -0.3 is 5.11 Å². The minimum absolute atomic E-state index is 0.251. The van der Waals surface area contributed by atoms with Crippen LogP contribution in [0.3, 0.4) is 0 Å². The Labute approximate surface area is 126 Å². The zero-order valence-corrected chi connectivity index (χ0v) is 12.0. The third kappa shape index (κ3) is 1.87. The van der Waals surface area contributed by atoms with Gasteiger partial charge >= 0.3 is 0 Å². The van der Waals surface area contributed by atoms with Crippen LogP contribution in [0.1, 0.15) is 0 Å². The molecule has 22 heavy (non-hydrogen) atoms. The standard InChI is InChI=1S/C17H14N4O/c1-21-16(8-9-18-21)15-10-14(19-20-15)13-7-6-11-4-2-3-5-12(11)17(13)22/h2-10,22H,1H3,(H,19,20). The van der Waals surface area contributed by atoms with Crippen LogP contribution < -0.4 is 0 Å². The highest BCUT2D eigenvalue weighted by Crippen LogP contribution is 2.35. The first-order valence-electron chi connectivity index (χ1n) is 6.99. The van der Waals surface area contributed by atoms with Gasteiger partial charge in [-0.05, 0) is 23.6 Å². The molecule has 5 nitrogen and oxygen atoms in total. The highest BCUT2D eigenvalue weighted by Gasteiger charge is 2.13. The summed E-state index contributed by atoms with van der Waals surface area (Å²) in [5, 5.41) is 23.8. The molecule has 0 bridgehead atoms. The summed E-state index contributed by atoms with van der Waals surface area (Å²) in [5.74, 6) is 0.251. The number of aromatic amines is 1. The highest BCUT2D eigenvalue weighted by molar-refractivity contribution is 5.94. The zero-order valence-electron chi connectivity index (χ0n) is 12.0. The molecule has 0 atom stereocenters. The molecule has 0 saturated carbocycles. The molecule has 0 aliphatic rings. The van der Waals surface area contributed by atoms with E-state index in [4.69, 9.17) is 0 Å². The van der Waals surface area contributed by atoms with E-state index in [9.17, 15) is 5.11 Å². The summed E-state index contributed by atoms with van der Waals surface area (Å²) >= 11 is 0. The fourth-order valence-electron chi connectivity index (χ4n) is 2.69. The lowest BCUT2D eigenvalue weighted by molar-refractivity contribution is 0.483. The lowest BCUT2D eigenvalue weighted by Gasteiger charge is -2.05. The molecule has 0 aliphatic carbocycles. The third-order valence-electron chi connectivity index (χ3n) is 3.85. The normalized spacial score (nSPS) is 11.1. The zero-order chi connectivity index (χ0) is 15.1. The van der Waals surface area contributed by atoms with Gasteiger partial charge in [0, 0.05) is 24.2 Å². The van der Waals surface area contributed by atoms with Crippen LogP contribution in [-0.2, 0) is 7.05 Å². The molecule has 0 aliphatic heterocycles. The number of aromatic hydroxyl groups is 1. The number of aromatic nitrogens is 4. The molecule has 2 aromatic heterocycles. The number of nitrogens with zero attached hydrogens (tertiary/aromatic N) is 3. The van der Waals surface area contributed by atoms with Crippen molar-refractivity contribution >= 4 is 10.8 Å². The number of H-pyrrole nitrogens is 1. The second-order valence-corrected chi connectivity index (χ2v) is 5.19. The third-order valence-corrected chi connectivity index (χ3v) is 3.85. The molecule has 2 N–H and O–H groups in total. The molecule has 0 unspecified atom stereocenters. The minimum atomic E-state index is 0.251. The summed E-state index contributed by atoms with van der Waals surface area (Å²) in [4.78, 5) is 0. The quantitative estimate of drug-likeness (QED) is 0.595. The lowest BCUT2D eigenvalue weighted by Crippen LogP contribution is -1.92. The van der Waals surface area contributed by atoms with Gasteiger partial charge in [-0.25, -0.2) is 0 Å². The van der Waals surface area contributed by atoms with E-state index in [1.165, 1.54) is 0 Å². The second-order valence-electron chi connectivity index (χ2n) is 5.19. The van der Waals surface area contributed by atoms with E-state index in [1.807, 2.05) is 55.6 Å². The summed E-state index contributed by atoms with van der Waals surface area (Å²) in [7, 11) is 1.88. The van der Waals surface area contributed by atoms with E-state index in [-0.39, 0.29) is 5.75 Å². The van der Waals surface area contributed by atoms with Gasteiger partial charge in [0.05, 0.1) is 17.1 Å². The van der Waals surface area contributed by atoms with Gasteiger partial charge in [0.1, 0.15) is 5.75 Å². The fourth-order valence-corrected chi connectivity index (χ4v) is 2.69. The van der Waals surface area contributed by atoms with Crippen molar-refractivity contribution in [3.8, 4) is 28.4 Å². The van der Waals surface area contributed by atoms with Crippen molar-refractivity contribution in [1.82, 2.24) is 20.0 Å². The van der Waals surface area contributed by atoms with Gasteiger partial charge in [-0.3, -0.25) is 9.78 Å². The Morgan fingerprint density at radius 2 is 1.95 bits per heavy atom. The van der Waals surface area contributed by atoms with Gasteiger partial charge in [-0.15, -0.1) is 0 Å². The number of hydrogen-bond acceptors (Lipinski definition) is 3. The number of phenols is 1. The van der Waals surface area contributed by atoms with Crippen molar-refractivity contribution in [3.05, 3.63) is 54.7 Å². The molecule has 4 aromatic rings. The van der Waals surface area contributed by atoms with E-state index in [1.54, 1.807) is 10.9 Å². The largest absolute Gasteiger partial charge is 0.507 e. The Morgan fingerprint density at radius 1 is 1.09 bits per heavy atom. The smallest absolute Gasteiger partial charge is 0.132 e. The van der Waals surface area contributed by atoms with Gasteiger partial charge in [0.25, 0.3) is 0 Å². The van der Waals surface area contributed by atoms with Crippen LogP contribution in [0, 0.1) is 0 Å². The molecular formula is C17H14N4O. The molecular weight excluding hydrogens is 276 g/mol. The maximum absolute atomic E-state index is 10.5. The number of benzene rings is 2. The molecule has 4 rings (SSSR count). The van der Waals surface area contributed by atoms with Crippen molar-refractivity contribution in [3.63, 3.8) is 0 Å². The monoisotopic (exact) mass is 290 g/mol. The first kappa shape index (κ1) is 12.6. The van der Waals surface area contributed by atoms with E-state index in [0.29, 0.717) is 11.3 Å². The average molecular weight is 290 g/mol. The molecule has 5 heteroatoms. The Hall–Kier alpha value is -3.08. The first-order valence-corrected chi connectivity index (χ1v) is 6.99. The topological polar surface area (TPSA) is 66.7 Å². The summed E-state index contributed by atoms with van der Waals surface area (Å²) in [6, 6.07) is 15.5. The number of rotatable bonds is 2. The molecule has 108 valence electrons. The summed E-state index contributed by atoms with van der Waals surface area (Å²) in [6.45, 7) is 0. The number of hydrogen-bond donors (Lipinski definition) is 2. The molecule has 0 amide bonds. The van der Waals surface area contributed by atoms with Gasteiger partial charge in [-0.2, -0.15) is 10.2 Å². The number of nitrogens with one attached hydrogen (secondary N) is 1. The second kappa shape index (κ2) is 4.73. The highest BCUT2D eigenvalue weighted by atomic mass is 16.3. The van der Waals surface area contributed by atoms with Crippen molar-refractivity contribution in [2.75, 3.05) is 0 Å². The van der Waals surface area contributed by atoms with Crippen LogP contribution in [0.5, 0.6) is 5.75 Å². The Balaban J connectivity index is 1.85. The van der Waals surface area contributed by atoms with Crippen molar-refractivity contribution < 1.29 is 5.11 Å². The minimum Gasteiger partial charge on any atom is -0.507 e. The van der Waals surface area contributed by atoms with Gasteiger partial charge in [0.15, 0.2) is 0 Å². The van der Waals surface area contributed by atoms with Crippen LogP contribution in [-0.4, -0.2) is 25.1 Å². The summed E-state index contributed by atoms with van der Waals surface area (Å²) in [6.07, 6.45) is 1.74. The lowest BCUT2D eigenvalue weighted by atomic mass is 10.0. The summed E-state index contributed by atoms with van der Waals surface area (Å²) in [5.41, 5.74) is 3.23. The Bertz CT molecular complexity index is 968. The fraction of sp³-hybridized carbons (Fsp3) is 0.0588. The van der Waals surface area contributed by atoms with Gasteiger partial charge in [0.2, 0.25) is 0 Å². The van der Waals surface area contributed by atoms with E-state index < -0.39 is 0 Å². The average Bonchev–Trinajstić information content (AvgIpc) is 3.16. The molecule has 0 radical (unpaired) electrons. The maximum atomic E-state index is 10.5. The van der Waals surface area contributed by atoms with Crippen molar-refractivity contribution in [2.45, 2.75) is 0 Å². The van der Waals surface area contributed by atoms with Crippen LogP contribution in [0.15, 0.2) is 54.7 Å². The van der Waals surface area contributed by atoms with E-state index in [2.05, 4.69) is 15.3 Å². The van der Waals surface area contributed by atoms with Crippen LogP contribution >= 0.6 is 0 Å². The molecule has 0 spiro atoms. The SMILES string of the molecule is Cn1nccc1-c1cc(-c2ccc3ccccc3c2O)n[nH]1. The molecule has 2 heterocycles. The maximum Gasteiger partial charge on any atom is 0.132 e.